The molecule has 2 saturated heterocycles. The van der Waals surface area contributed by atoms with Crippen LogP contribution in [0, 0.1) is 0 Å². The number of ether oxygens (including phenoxy) is 1. The first-order valence-electron chi connectivity index (χ1n) is 7.42. The molecule has 0 aliphatic carbocycles. The SMILES string of the molecule is CC(=O)c1ccc(N2CCN(C3CCOC3=O)CC2)cc1. The lowest BCUT2D eigenvalue weighted by Crippen LogP contribution is -2.51. The Bertz CT molecular complexity index is 533. The van der Waals surface area contributed by atoms with Crippen LogP contribution in [0.2, 0.25) is 0 Å². The Hall–Kier alpha value is -1.88. The summed E-state index contributed by atoms with van der Waals surface area (Å²) >= 11 is 0. The number of benzene rings is 1. The largest absolute Gasteiger partial charge is 0.464 e. The molecule has 0 aromatic heterocycles. The van der Waals surface area contributed by atoms with Crippen LogP contribution in [0.25, 0.3) is 0 Å². The quantitative estimate of drug-likeness (QED) is 0.620. The number of Topliss-reactive ketones (excluding diaryl/α,β-unsaturated/α-hetero) is 1. The van der Waals surface area contributed by atoms with Gasteiger partial charge >= 0.3 is 5.97 Å². The molecule has 2 aliphatic heterocycles. The molecule has 2 fully saturated rings. The third-order valence-corrected chi connectivity index (χ3v) is 4.30. The molecule has 0 N–H and O–H groups in total. The highest BCUT2D eigenvalue weighted by atomic mass is 16.5. The van der Waals surface area contributed by atoms with Crippen LogP contribution in [0.15, 0.2) is 24.3 Å². The van der Waals surface area contributed by atoms with E-state index in [1.807, 2.05) is 24.3 Å². The van der Waals surface area contributed by atoms with Gasteiger partial charge in [0.15, 0.2) is 5.78 Å². The van der Waals surface area contributed by atoms with Crippen molar-refractivity contribution in [3.63, 3.8) is 0 Å². The smallest absolute Gasteiger partial charge is 0.323 e. The van der Waals surface area contributed by atoms with Crippen molar-refractivity contribution in [3.8, 4) is 0 Å². The molecule has 0 bridgehead atoms. The number of ketones is 1. The zero-order valence-corrected chi connectivity index (χ0v) is 12.2. The van der Waals surface area contributed by atoms with Gasteiger partial charge in [0.25, 0.3) is 0 Å². The summed E-state index contributed by atoms with van der Waals surface area (Å²) in [5.41, 5.74) is 1.87. The number of cyclic esters (lactones) is 1. The van der Waals surface area contributed by atoms with E-state index in [4.69, 9.17) is 4.74 Å². The van der Waals surface area contributed by atoms with Gasteiger partial charge in [0.05, 0.1) is 6.61 Å². The van der Waals surface area contributed by atoms with Crippen LogP contribution < -0.4 is 4.90 Å². The van der Waals surface area contributed by atoms with Gasteiger partial charge in [-0.2, -0.15) is 0 Å². The van der Waals surface area contributed by atoms with Crippen LogP contribution in [0.5, 0.6) is 0 Å². The van der Waals surface area contributed by atoms with Crippen molar-refractivity contribution in [3.05, 3.63) is 29.8 Å². The number of hydrogen-bond donors (Lipinski definition) is 0. The first-order valence-corrected chi connectivity index (χ1v) is 7.42. The summed E-state index contributed by atoms with van der Waals surface area (Å²) < 4.78 is 5.04. The van der Waals surface area contributed by atoms with Crippen molar-refractivity contribution in [2.75, 3.05) is 37.7 Å². The number of carbonyl (C=O) groups is 2. The standard InChI is InChI=1S/C16H20N2O3/c1-12(19)13-2-4-14(5-3-13)17-7-9-18(10-8-17)15-6-11-21-16(15)20/h2-5,15H,6-11H2,1H3. The molecule has 5 nitrogen and oxygen atoms in total. The topological polar surface area (TPSA) is 49.9 Å². The first-order chi connectivity index (χ1) is 10.1. The van der Waals surface area contributed by atoms with Gasteiger partial charge in [-0.3, -0.25) is 14.5 Å². The van der Waals surface area contributed by atoms with Gasteiger partial charge in [0.2, 0.25) is 0 Å². The van der Waals surface area contributed by atoms with Gasteiger partial charge in [-0.15, -0.1) is 0 Å². The van der Waals surface area contributed by atoms with Crippen LogP contribution >= 0.6 is 0 Å². The minimum absolute atomic E-state index is 0.0489. The lowest BCUT2D eigenvalue weighted by atomic mass is 10.1. The summed E-state index contributed by atoms with van der Waals surface area (Å²) in [4.78, 5) is 27.4. The van der Waals surface area contributed by atoms with E-state index in [1.54, 1.807) is 6.92 Å². The Morgan fingerprint density at radius 2 is 1.81 bits per heavy atom. The highest BCUT2D eigenvalue weighted by Crippen LogP contribution is 2.21. The first kappa shape index (κ1) is 14.1. The molecule has 0 radical (unpaired) electrons. The van der Waals surface area contributed by atoms with Gasteiger partial charge in [-0.05, 0) is 31.2 Å². The zero-order chi connectivity index (χ0) is 14.8. The van der Waals surface area contributed by atoms with E-state index in [1.165, 1.54) is 0 Å². The zero-order valence-electron chi connectivity index (χ0n) is 12.2. The lowest BCUT2D eigenvalue weighted by Gasteiger charge is -2.37. The van der Waals surface area contributed by atoms with E-state index in [2.05, 4.69) is 9.80 Å². The summed E-state index contributed by atoms with van der Waals surface area (Å²) in [5.74, 6) is 0.0142. The number of piperazine rings is 1. The van der Waals surface area contributed by atoms with Crippen LogP contribution in [0.4, 0.5) is 5.69 Å². The molecule has 1 atom stereocenters. The number of esters is 1. The normalized spacial score (nSPS) is 23.2. The predicted molar refractivity (Wildman–Crippen MR) is 79.6 cm³/mol. The number of nitrogens with zero attached hydrogens (tertiary/aromatic N) is 2. The molecule has 5 heteroatoms. The monoisotopic (exact) mass is 288 g/mol. The number of carbonyl (C=O) groups excluding carboxylic acids is 2. The summed E-state index contributed by atoms with van der Waals surface area (Å²) in [7, 11) is 0. The van der Waals surface area contributed by atoms with E-state index in [0.29, 0.717) is 6.61 Å². The minimum atomic E-state index is -0.0748. The van der Waals surface area contributed by atoms with Crippen LogP contribution in [0.3, 0.4) is 0 Å². The number of rotatable bonds is 3. The van der Waals surface area contributed by atoms with E-state index >= 15 is 0 Å². The summed E-state index contributed by atoms with van der Waals surface area (Å²) in [6.45, 7) is 5.65. The third-order valence-electron chi connectivity index (χ3n) is 4.30. The van der Waals surface area contributed by atoms with E-state index in [-0.39, 0.29) is 17.8 Å². The predicted octanol–water partition coefficient (Wildman–Crippen LogP) is 1.33. The fourth-order valence-corrected chi connectivity index (χ4v) is 3.02. The maximum atomic E-state index is 11.6. The van der Waals surface area contributed by atoms with Crippen LogP contribution in [0.1, 0.15) is 23.7 Å². The average Bonchev–Trinajstić information content (AvgIpc) is 2.94. The maximum Gasteiger partial charge on any atom is 0.323 e. The summed E-state index contributed by atoms with van der Waals surface area (Å²) in [6, 6.07) is 7.69. The van der Waals surface area contributed by atoms with Crippen molar-refractivity contribution in [1.82, 2.24) is 4.90 Å². The fraction of sp³-hybridized carbons (Fsp3) is 0.500. The molecule has 2 heterocycles. The summed E-state index contributed by atoms with van der Waals surface area (Å²) in [6.07, 6.45) is 0.812. The Kier molecular flexibility index (Phi) is 3.92. The molecular formula is C16H20N2O3. The molecule has 21 heavy (non-hydrogen) atoms. The minimum Gasteiger partial charge on any atom is -0.464 e. The van der Waals surface area contributed by atoms with Crippen LogP contribution in [-0.4, -0.2) is 55.5 Å². The molecular weight excluding hydrogens is 268 g/mol. The molecule has 0 saturated carbocycles. The molecule has 1 aromatic carbocycles. The average molecular weight is 288 g/mol. The molecule has 2 aliphatic rings. The van der Waals surface area contributed by atoms with Gasteiger partial charge in [0, 0.05) is 43.9 Å². The Morgan fingerprint density at radius 1 is 1.14 bits per heavy atom. The van der Waals surface area contributed by atoms with Crippen molar-refractivity contribution >= 4 is 17.4 Å². The van der Waals surface area contributed by atoms with Crippen molar-refractivity contribution in [2.45, 2.75) is 19.4 Å². The second-order valence-corrected chi connectivity index (χ2v) is 5.60. The fourth-order valence-electron chi connectivity index (χ4n) is 3.02. The Labute approximate surface area is 124 Å². The van der Waals surface area contributed by atoms with Gasteiger partial charge in [-0.25, -0.2) is 0 Å². The Balaban J connectivity index is 1.60. The van der Waals surface area contributed by atoms with Gasteiger partial charge in [-0.1, -0.05) is 0 Å². The van der Waals surface area contributed by atoms with Crippen molar-refractivity contribution < 1.29 is 14.3 Å². The number of anilines is 1. The van der Waals surface area contributed by atoms with Crippen LogP contribution in [-0.2, 0) is 9.53 Å². The van der Waals surface area contributed by atoms with Gasteiger partial charge < -0.3 is 9.64 Å². The van der Waals surface area contributed by atoms with Crippen molar-refractivity contribution in [1.29, 1.82) is 0 Å². The summed E-state index contributed by atoms with van der Waals surface area (Å²) in [5, 5.41) is 0. The van der Waals surface area contributed by atoms with Crippen molar-refractivity contribution in [2.24, 2.45) is 0 Å². The molecule has 0 amide bonds. The molecule has 0 spiro atoms. The molecule has 3 rings (SSSR count). The number of hydrogen-bond acceptors (Lipinski definition) is 5. The highest BCUT2D eigenvalue weighted by molar-refractivity contribution is 5.94. The van der Waals surface area contributed by atoms with E-state index in [0.717, 1.165) is 43.9 Å². The molecule has 1 aromatic rings. The second-order valence-electron chi connectivity index (χ2n) is 5.60. The molecule has 112 valence electrons. The molecule has 1 unspecified atom stereocenters. The second kappa shape index (κ2) is 5.85. The van der Waals surface area contributed by atoms with E-state index in [9.17, 15) is 9.59 Å². The van der Waals surface area contributed by atoms with Gasteiger partial charge in [0.1, 0.15) is 6.04 Å². The maximum absolute atomic E-state index is 11.6. The highest BCUT2D eigenvalue weighted by Gasteiger charge is 2.33. The third kappa shape index (κ3) is 2.93. The van der Waals surface area contributed by atoms with E-state index < -0.39 is 0 Å². The Morgan fingerprint density at radius 3 is 2.33 bits per heavy atom. The lowest BCUT2D eigenvalue weighted by molar-refractivity contribution is -0.142.